The van der Waals surface area contributed by atoms with Gasteiger partial charge in [-0.3, -0.25) is 9.58 Å². The van der Waals surface area contributed by atoms with Crippen molar-refractivity contribution in [3.8, 4) is 0 Å². The fourth-order valence-corrected chi connectivity index (χ4v) is 1.99. The lowest BCUT2D eigenvalue weighted by molar-refractivity contribution is 0.250. The molecule has 0 aliphatic carbocycles. The van der Waals surface area contributed by atoms with Crippen LogP contribution in [0.4, 0.5) is 0 Å². The molecule has 6 nitrogen and oxygen atoms in total. The quantitative estimate of drug-likeness (QED) is 0.367. The third-order valence-electron chi connectivity index (χ3n) is 3.06. The van der Waals surface area contributed by atoms with Crippen molar-refractivity contribution in [3.05, 3.63) is 16.4 Å². The Labute approximate surface area is 112 Å². The van der Waals surface area contributed by atoms with E-state index in [9.17, 15) is 0 Å². The molecular weight excluding hydrogens is 254 g/mol. The summed E-state index contributed by atoms with van der Waals surface area (Å²) in [6.45, 7) is 4.62. The normalized spacial score (nSPS) is 14.2. The Kier molecular flexibility index (Phi) is 4.98. The molecule has 0 aliphatic rings. The van der Waals surface area contributed by atoms with E-state index in [1.165, 1.54) is 0 Å². The SMILES string of the molecule is Cc1nn(C)c(Cl)c1CN(C)C(C)CC(N)=NO. The summed E-state index contributed by atoms with van der Waals surface area (Å²) in [4.78, 5) is 2.09. The highest BCUT2D eigenvalue weighted by Crippen LogP contribution is 2.21. The lowest BCUT2D eigenvalue weighted by Crippen LogP contribution is -2.33. The second-order valence-electron chi connectivity index (χ2n) is 4.54. The van der Waals surface area contributed by atoms with Gasteiger partial charge in [0.2, 0.25) is 0 Å². The number of nitrogens with zero attached hydrogens (tertiary/aromatic N) is 4. The molecule has 18 heavy (non-hydrogen) atoms. The van der Waals surface area contributed by atoms with E-state index in [1.54, 1.807) is 4.68 Å². The lowest BCUT2D eigenvalue weighted by Gasteiger charge is -2.24. The minimum absolute atomic E-state index is 0.150. The maximum absolute atomic E-state index is 8.56. The van der Waals surface area contributed by atoms with Gasteiger partial charge < -0.3 is 10.9 Å². The van der Waals surface area contributed by atoms with E-state index in [0.717, 1.165) is 11.3 Å². The van der Waals surface area contributed by atoms with Crippen molar-refractivity contribution in [1.29, 1.82) is 0 Å². The first-order valence-corrected chi connectivity index (χ1v) is 6.09. The van der Waals surface area contributed by atoms with Gasteiger partial charge in [-0.2, -0.15) is 5.10 Å². The summed E-state index contributed by atoms with van der Waals surface area (Å²) >= 11 is 6.18. The van der Waals surface area contributed by atoms with Gasteiger partial charge in [-0.25, -0.2) is 0 Å². The Balaban J connectivity index is 2.72. The van der Waals surface area contributed by atoms with E-state index in [0.29, 0.717) is 18.1 Å². The fourth-order valence-electron chi connectivity index (χ4n) is 1.76. The van der Waals surface area contributed by atoms with Crippen molar-refractivity contribution in [1.82, 2.24) is 14.7 Å². The summed E-state index contributed by atoms with van der Waals surface area (Å²) in [5.74, 6) is 0.225. The number of oxime groups is 1. The van der Waals surface area contributed by atoms with Gasteiger partial charge in [0.05, 0.1) is 5.69 Å². The first kappa shape index (κ1) is 14.8. The van der Waals surface area contributed by atoms with Crippen LogP contribution in [0, 0.1) is 6.92 Å². The standard InChI is InChI=1S/C11H20ClN5O/c1-7(5-10(13)15-18)16(3)6-9-8(2)14-17(4)11(9)12/h7,18H,5-6H2,1-4H3,(H2,13,15). The van der Waals surface area contributed by atoms with Crippen LogP contribution in [0.2, 0.25) is 5.15 Å². The molecule has 1 heterocycles. The molecule has 0 saturated carbocycles. The maximum Gasteiger partial charge on any atom is 0.140 e. The third kappa shape index (κ3) is 3.36. The molecule has 0 aromatic carbocycles. The summed E-state index contributed by atoms with van der Waals surface area (Å²) in [6, 6.07) is 0.150. The molecule has 0 spiro atoms. The molecule has 7 heteroatoms. The molecule has 3 N–H and O–H groups in total. The van der Waals surface area contributed by atoms with Crippen molar-refractivity contribution in [2.45, 2.75) is 32.9 Å². The summed E-state index contributed by atoms with van der Waals surface area (Å²) in [6.07, 6.45) is 0.504. The molecule has 1 unspecified atom stereocenters. The molecule has 1 aromatic rings. The minimum atomic E-state index is 0.150. The summed E-state index contributed by atoms with van der Waals surface area (Å²) < 4.78 is 1.66. The zero-order chi connectivity index (χ0) is 13.9. The van der Waals surface area contributed by atoms with Crippen LogP contribution < -0.4 is 5.73 Å². The Morgan fingerprint density at radius 1 is 1.67 bits per heavy atom. The van der Waals surface area contributed by atoms with E-state index in [4.69, 9.17) is 22.5 Å². The average molecular weight is 274 g/mol. The van der Waals surface area contributed by atoms with Gasteiger partial charge in [0.1, 0.15) is 11.0 Å². The number of aryl methyl sites for hydroxylation is 2. The zero-order valence-electron chi connectivity index (χ0n) is 11.2. The molecule has 0 fully saturated rings. The molecular formula is C11H20ClN5O. The highest BCUT2D eigenvalue weighted by atomic mass is 35.5. The van der Waals surface area contributed by atoms with Crippen LogP contribution in [0.25, 0.3) is 0 Å². The number of halogens is 1. The van der Waals surface area contributed by atoms with Crippen molar-refractivity contribution in [2.24, 2.45) is 17.9 Å². The minimum Gasteiger partial charge on any atom is -0.409 e. The predicted molar refractivity (Wildman–Crippen MR) is 71.9 cm³/mol. The summed E-state index contributed by atoms with van der Waals surface area (Å²) in [5.41, 5.74) is 7.43. The van der Waals surface area contributed by atoms with Crippen LogP contribution in [0.3, 0.4) is 0 Å². The van der Waals surface area contributed by atoms with Crippen LogP contribution in [0.1, 0.15) is 24.6 Å². The molecule has 1 atom stereocenters. The molecule has 0 aliphatic heterocycles. The topological polar surface area (TPSA) is 79.7 Å². The Bertz CT molecular complexity index is 443. The van der Waals surface area contributed by atoms with Crippen LogP contribution in [-0.4, -0.2) is 38.8 Å². The van der Waals surface area contributed by atoms with Crippen LogP contribution in [0.15, 0.2) is 5.16 Å². The van der Waals surface area contributed by atoms with E-state index >= 15 is 0 Å². The first-order valence-electron chi connectivity index (χ1n) is 5.71. The van der Waals surface area contributed by atoms with Gasteiger partial charge in [-0.1, -0.05) is 16.8 Å². The van der Waals surface area contributed by atoms with Gasteiger partial charge in [0, 0.05) is 31.6 Å². The summed E-state index contributed by atoms with van der Waals surface area (Å²) in [5, 5.41) is 16.5. The second-order valence-corrected chi connectivity index (χ2v) is 4.90. The van der Waals surface area contributed by atoms with Crippen molar-refractivity contribution < 1.29 is 5.21 Å². The van der Waals surface area contributed by atoms with Crippen molar-refractivity contribution in [2.75, 3.05) is 7.05 Å². The number of aromatic nitrogens is 2. The largest absolute Gasteiger partial charge is 0.409 e. The molecule has 0 bridgehead atoms. The van der Waals surface area contributed by atoms with Crippen LogP contribution in [0.5, 0.6) is 0 Å². The van der Waals surface area contributed by atoms with Gasteiger partial charge in [0.25, 0.3) is 0 Å². The Hall–Kier alpha value is -1.27. The Morgan fingerprint density at radius 3 is 2.72 bits per heavy atom. The van der Waals surface area contributed by atoms with Gasteiger partial charge in [-0.05, 0) is 20.9 Å². The van der Waals surface area contributed by atoms with Crippen molar-refractivity contribution >= 4 is 17.4 Å². The number of rotatable bonds is 5. The highest BCUT2D eigenvalue weighted by molar-refractivity contribution is 6.30. The smallest absolute Gasteiger partial charge is 0.140 e. The van der Waals surface area contributed by atoms with Crippen LogP contribution in [-0.2, 0) is 13.6 Å². The number of amidine groups is 1. The number of hydrogen-bond acceptors (Lipinski definition) is 4. The second kappa shape index (κ2) is 6.06. The van der Waals surface area contributed by atoms with Crippen molar-refractivity contribution in [3.63, 3.8) is 0 Å². The number of hydrogen-bond donors (Lipinski definition) is 2. The van der Waals surface area contributed by atoms with Gasteiger partial charge >= 0.3 is 0 Å². The first-order chi connectivity index (χ1) is 8.36. The third-order valence-corrected chi connectivity index (χ3v) is 3.54. The maximum atomic E-state index is 8.56. The summed E-state index contributed by atoms with van der Waals surface area (Å²) in [7, 11) is 3.79. The van der Waals surface area contributed by atoms with Gasteiger partial charge in [0.15, 0.2) is 0 Å². The van der Waals surface area contributed by atoms with E-state index in [1.807, 2.05) is 27.9 Å². The Morgan fingerprint density at radius 2 is 2.28 bits per heavy atom. The average Bonchev–Trinajstić information content (AvgIpc) is 2.55. The zero-order valence-corrected chi connectivity index (χ0v) is 11.9. The molecule has 0 amide bonds. The van der Waals surface area contributed by atoms with Gasteiger partial charge in [-0.15, -0.1) is 0 Å². The predicted octanol–water partition coefficient (Wildman–Crippen LogP) is 1.34. The number of nitrogens with two attached hydrogens (primary N) is 1. The molecule has 0 radical (unpaired) electrons. The monoisotopic (exact) mass is 273 g/mol. The fraction of sp³-hybridized carbons (Fsp3) is 0.636. The molecule has 1 aromatic heterocycles. The van der Waals surface area contributed by atoms with E-state index in [2.05, 4.69) is 15.2 Å². The van der Waals surface area contributed by atoms with Crippen LogP contribution >= 0.6 is 11.6 Å². The molecule has 1 rings (SSSR count). The van der Waals surface area contributed by atoms with E-state index < -0.39 is 0 Å². The van der Waals surface area contributed by atoms with E-state index in [-0.39, 0.29) is 11.9 Å². The molecule has 0 saturated heterocycles. The highest BCUT2D eigenvalue weighted by Gasteiger charge is 2.17. The molecule has 102 valence electrons. The lowest BCUT2D eigenvalue weighted by atomic mass is 10.1.